The molecule has 1 aliphatic carbocycles. The van der Waals surface area contributed by atoms with Gasteiger partial charge < -0.3 is 10.4 Å². The lowest BCUT2D eigenvalue weighted by molar-refractivity contribution is -0.138. The fraction of sp³-hybridized carbons (Fsp3) is 0.118. The number of carboxylic acid groups (broad SMARTS) is 1. The van der Waals surface area contributed by atoms with Gasteiger partial charge in [-0.3, -0.25) is 24.2 Å². The second-order valence-electron chi connectivity index (χ2n) is 5.28. The Hall–Kier alpha value is -3.35. The number of pyridine rings is 1. The molecule has 0 saturated heterocycles. The summed E-state index contributed by atoms with van der Waals surface area (Å²) in [7, 11) is 0. The van der Waals surface area contributed by atoms with E-state index in [1.807, 2.05) is 6.07 Å². The van der Waals surface area contributed by atoms with Gasteiger partial charge in [-0.25, -0.2) is 0 Å². The molecular weight excluding hydrogens is 312 g/mol. The number of carboxylic acids is 1. The van der Waals surface area contributed by atoms with E-state index in [0.717, 1.165) is 5.56 Å². The van der Waals surface area contributed by atoms with Gasteiger partial charge >= 0.3 is 5.97 Å². The molecule has 24 heavy (non-hydrogen) atoms. The molecule has 2 N–H and O–H groups in total. The number of nitrogens with one attached hydrogen (secondary N) is 1. The van der Waals surface area contributed by atoms with Crippen molar-refractivity contribution < 1.29 is 24.3 Å². The van der Waals surface area contributed by atoms with Crippen LogP contribution in [0.25, 0.3) is 11.1 Å². The van der Waals surface area contributed by atoms with Crippen LogP contribution in [0.2, 0.25) is 0 Å². The number of benzene rings is 1. The van der Waals surface area contributed by atoms with Crippen molar-refractivity contribution in [3.05, 3.63) is 53.9 Å². The van der Waals surface area contributed by atoms with E-state index in [9.17, 15) is 19.2 Å². The minimum Gasteiger partial charge on any atom is -0.480 e. The number of ketones is 2. The summed E-state index contributed by atoms with van der Waals surface area (Å²) in [5.74, 6) is -4.91. The molecular formula is C17H12N2O5. The van der Waals surface area contributed by atoms with Crippen LogP contribution in [0.1, 0.15) is 20.7 Å². The minimum absolute atomic E-state index is 0.164. The van der Waals surface area contributed by atoms with Gasteiger partial charge in [-0.1, -0.05) is 18.2 Å². The molecule has 7 nitrogen and oxygen atoms in total. The zero-order chi connectivity index (χ0) is 17.3. The minimum atomic E-state index is -1.52. The average Bonchev–Trinajstić information content (AvgIpc) is 2.84. The maximum absolute atomic E-state index is 12.4. The van der Waals surface area contributed by atoms with Crippen LogP contribution in [0.5, 0.6) is 0 Å². The van der Waals surface area contributed by atoms with Crippen molar-refractivity contribution in [1.29, 1.82) is 0 Å². The van der Waals surface area contributed by atoms with Gasteiger partial charge in [0.1, 0.15) is 6.54 Å². The SMILES string of the molecule is O=C(O)CNC(=O)C1C(=O)c2ccc(-c3cccnc3)cc2C1=O. The van der Waals surface area contributed by atoms with E-state index < -0.39 is 35.9 Å². The van der Waals surface area contributed by atoms with Crippen molar-refractivity contribution >= 4 is 23.4 Å². The molecule has 1 atom stereocenters. The molecule has 1 unspecified atom stereocenters. The third-order valence-electron chi connectivity index (χ3n) is 3.75. The maximum atomic E-state index is 12.4. The smallest absolute Gasteiger partial charge is 0.322 e. The molecule has 0 fully saturated rings. The first kappa shape index (κ1) is 15.5. The fourth-order valence-corrected chi connectivity index (χ4v) is 2.61. The summed E-state index contributed by atoms with van der Waals surface area (Å²) in [6.07, 6.45) is 3.24. The Balaban J connectivity index is 1.92. The van der Waals surface area contributed by atoms with Crippen molar-refractivity contribution in [2.45, 2.75) is 0 Å². The van der Waals surface area contributed by atoms with E-state index in [1.165, 1.54) is 6.07 Å². The molecule has 1 aromatic carbocycles. The van der Waals surface area contributed by atoms with Gasteiger partial charge in [0, 0.05) is 29.1 Å². The lowest BCUT2D eigenvalue weighted by Gasteiger charge is -2.06. The summed E-state index contributed by atoms with van der Waals surface area (Å²) in [5, 5.41) is 10.7. The number of hydrogen-bond acceptors (Lipinski definition) is 5. The molecule has 120 valence electrons. The molecule has 1 aromatic heterocycles. The van der Waals surface area contributed by atoms with Crippen molar-refractivity contribution in [3.8, 4) is 11.1 Å². The number of carbonyl (C=O) groups excluding carboxylic acids is 3. The van der Waals surface area contributed by atoms with Crippen molar-refractivity contribution in [1.82, 2.24) is 10.3 Å². The Morgan fingerprint density at radius 2 is 1.83 bits per heavy atom. The third-order valence-corrected chi connectivity index (χ3v) is 3.75. The number of hydrogen-bond donors (Lipinski definition) is 2. The van der Waals surface area contributed by atoms with E-state index in [1.54, 1.807) is 30.6 Å². The Labute approximate surface area is 136 Å². The fourth-order valence-electron chi connectivity index (χ4n) is 2.61. The first-order chi connectivity index (χ1) is 11.5. The number of aromatic nitrogens is 1. The normalized spacial score (nSPS) is 15.9. The summed E-state index contributed by atoms with van der Waals surface area (Å²) in [4.78, 5) is 51.2. The number of nitrogens with zero attached hydrogens (tertiary/aromatic N) is 1. The molecule has 0 bridgehead atoms. The summed E-state index contributed by atoms with van der Waals surface area (Å²) < 4.78 is 0. The highest BCUT2D eigenvalue weighted by atomic mass is 16.4. The zero-order valence-corrected chi connectivity index (χ0v) is 12.4. The van der Waals surface area contributed by atoms with E-state index in [-0.39, 0.29) is 11.1 Å². The van der Waals surface area contributed by atoms with Crippen LogP contribution >= 0.6 is 0 Å². The summed E-state index contributed by atoms with van der Waals surface area (Å²) >= 11 is 0. The van der Waals surface area contributed by atoms with Crippen molar-refractivity contribution in [2.75, 3.05) is 6.54 Å². The van der Waals surface area contributed by atoms with Gasteiger partial charge in [0.05, 0.1) is 0 Å². The van der Waals surface area contributed by atoms with Gasteiger partial charge in [-0.05, 0) is 17.7 Å². The molecule has 7 heteroatoms. The average molecular weight is 324 g/mol. The van der Waals surface area contributed by atoms with Crippen molar-refractivity contribution in [3.63, 3.8) is 0 Å². The second-order valence-corrected chi connectivity index (χ2v) is 5.28. The number of rotatable bonds is 4. The Kier molecular flexibility index (Phi) is 3.91. The summed E-state index contributed by atoms with van der Waals surface area (Å²) in [6.45, 7) is -0.646. The van der Waals surface area contributed by atoms with Crippen LogP contribution in [0.3, 0.4) is 0 Å². The van der Waals surface area contributed by atoms with Gasteiger partial charge in [0.25, 0.3) is 0 Å². The largest absolute Gasteiger partial charge is 0.480 e. The first-order valence-electron chi connectivity index (χ1n) is 7.11. The zero-order valence-electron chi connectivity index (χ0n) is 12.4. The number of carbonyl (C=O) groups is 4. The van der Waals surface area contributed by atoms with Gasteiger partial charge in [-0.2, -0.15) is 0 Å². The van der Waals surface area contributed by atoms with Gasteiger partial charge in [0.2, 0.25) is 5.91 Å². The summed E-state index contributed by atoms with van der Waals surface area (Å²) in [6, 6.07) is 8.29. The Morgan fingerprint density at radius 3 is 2.50 bits per heavy atom. The highest BCUT2D eigenvalue weighted by molar-refractivity contribution is 6.35. The number of amides is 1. The number of Topliss-reactive ketones (excluding diaryl/α,β-unsaturated/α-hetero) is 2. The quantitative estimate of drug-likeness (QED) is 0.809. The van der Waals surface area contributed by atoms with Crippen LogP contribution in [0.4, 0.5) is 0 Å². The Bertz CT molecular complexity index is 861. The van der Waals surface area contributed by atoms with E-state index in [2.05, 4.69) is 10.3 Å². The predicted molar refractivity (Wildman–Crippen MR) is 82.5 cm³/mol. The maximum Gasteiger partial charge on any atom is 0.322 e. The topological polar surface area (TPSA) is 113 Å². The Morgan fingerprint density at radius 1 is 1.08 bits per heavy atom. The molecule has 0 spiro atoms. The highest BCUT2D eigenvalue weighted by Gasteiger charge is 2.43. The second kappa shape index (κ2) is 6.04. The molecule has 0 saturated carbocycles. The van der Waals surface area contributed by atoms with Gasteiger partial charge in [-0.15, -0.1) is 0 Å². The molecule has 2 aromatic rings. The number of aliphatic carboxylic acids is 1. The van der Waals surface area contributed by atoms with Gasteiger partial charge in [0.15, 0.2) is 17.5 Å². The molecule has 0 radical (unpaired) electrons. The van der Waals surface area contributed by atoms with Crippen LogP contribution < -0.4 is 5.32 Å². The van der Waals surface area contributed by atoms with Crippen LogP contribution in [-0.4, -0.2) is 40.1 Å². The lowest BCUT2D eigenvalue weighted by Crippen LogP contribution is -2.39. The molecule has 0 aliphatic heterocycles. The van der Waals surface area contributed by atoms with Crippen LogP contribution in [-0.2, 0) is 9.59 Å². The van der Waals surface area contributed by atoms with Crippen molar-refractivity contribution in [2.24, 2.45) is 5.92 Å². The van der Waals surface area contributed by atoms with E-state index >= 15 is 0 Å². The van der Waals surface area contributed by atoms with E-state index in [4.69, 9.17) is 5.11 Å². The van der Waals surface area contributed by atoms with Crippen LogP contribution in [0, 0.1) is 5.92 Å². The van der Waals surface area contributed by atoms with Crippen LogP contribution in [0.15, 0.2) is 42.7 Å². The third kappa shape index (κ3) is 2.67. The highest BCUT2D eigenvalue weighted by Crippen LogP contribution is 2.31. The molecule has 1 heterocycles. The monoisotopic (exact) mass is 324 g/mol. The molecule has 3 rings (SSSR count). The lowest BCUT2D eigenvalue weighted by atomic mass is 10.0. The standard InChI is InChI=1S/C17H12N2O5/c20-13(21)8-19-17(24)14-15(22)11-4-3-9(6-12(11)16(14)23)10-2-1-5-18-7-10/h1-7,14H,8H2,(H,19,24)(H,20,21). The predicted octanol–water partition coefficient (Wildman–Crippen LogP) is 0.945. The summed E-state index contributed by atoms with van der Waals surface area (Å²) in [5.41, 5.74) is 1.81. The number of fused-ring (bicyclic) bond motifs is 1. The molecule has 1 amide bonds. The molecule has 1 aliphatic rings. The van der Waals surface area contributed by atoms with E-state index in [0.29, 0.717) is 5.56 Å². The first-order valence-corrected chi connectivity index (χ1v) is 7.11.